The summed E-state index contributed by atoms with van der Waals surface area (Å²) in [6.07, 6.45) is 21.1. The third-order valence-electron chi connectivity index (χ3n) is 4.90. The lowest BCUT2D eigenvalue weighted by molar-refractivity contribution is 0.349. The summed E-state index contributed by atoms with van der Waals surface area (Å²) in [6.45, 7) is 2.29. The smallest absolute Gasteiger partial charge is 0.00671 e. The van der Waals surface area contributed by atoms with E-state index in [1.807, 2.05) is 0 Å². The molecule has 0 amide bonds. The van der Waals surface area contributed by atoms with E-state index in [1.54, 1.807) is 0 Å². The Morgan fingerprint density at radius 2 is 1.32 bits per heavy atom. The van der Waals surface area contributed by atoms with Crippen molar-refractivity contribution in [1.29, 1.82) is 0 Å². The summed E-state index contributed by atoms with van der Waals surface area (Å²) >= 11 is 0. The molecule has 0 heterocycles. The Morgan fingerprint density at radius 1 is 0.789 bits per heavy atom. The number of hydrogen-bond acceptors (Lipinski definition) is 1. The lowest BCUT2D eigenvalue weighted by Gasteiger charge is -2.22. The maximum absolute atomic E-state index is 6.40. The highest BCUT2D eigenvalue weighted by Gasteiger charge is 2.18. The van der Waals surface area contributed by atoms with Gasteiger partial charge in [-0.25, -0.2) is 0 Å². The van der Waals surface area contributed by atoms with Crippen LogP contribution < -0.4 is 5.73 Å². The van der Waals surface area contributed by atoms with Crippen molar-refractivity contribution in [3.63, 3.8) is 0 Å². The molecule has 1 atom stereocenters. The molecule has 1 rings (SSSR count). The fourth-order valence-electron chi connectivity index (χ4n) is 3.49. The van der Waals surface area contributed by atoms with Crippen LogP contribution in [0.3, 0.4) is 0 Å². The Morgan fingerprint density at radius 3 is 1.89 bits per heavy atom. The first kappa shape index (κ1) is 17.0. The average Bonchev–Trinajstić information content (AvgIpc) is 2.70. The van der Waals surface area contributed by atoms with Gasteiger partial charge in [-0.15, -0.1) is 0 Å². The topological polar surface area (TPSA) is 26.0 Å². The molecular weight excluding hydrogens is 230 g/mol. The van der Waals surface area contributed by atoms with Gasteiger partial charge in [-0.05, 0) is 25.2 Å². The van der Waals surface area contributed by atoms with Crippen LogP contribution in [0.4, 0.5) is 0 Å². The number of hydrogen-bond donors (Lipinski definition) is 1. The van der Waals surface area contributed by atoms with Crippen molar-refractivity contribution in [2.24, 2.45) is 11.7 Å². The van der Waals surface area contributed by atoms with Gasteiger partial charge in [0.05, 0.1) is 0 Å². The lowest BCUT2D eigenvalue weighted by atomic mass is 9.89. The van der Waals surface area contributed by atoms with E-state index in [1.165, 1.54) is 96.3 Å². The average molecular weight is 268 g/mol. The first-order valence-corrected chi connectivity index (χ1v) is 9.10. The van der Waals surface area contributed by atoms with Crippen molar-refractivity contribution < 1.29 is 0 Å². The van der Waals surface area contributed by atoms with E-state index in [2.05, 4.69) is 6.92 Å². The minimum Gasteiger partial charge on any atom is -0.327 e. The van der Waals surface area contributed by atoms with Crippen LogP contribution in [0.15, 0.2) is 0 Å². The minimum atomic E-state index is 0.498. The third-order valence-corrected chi connectivity index (χ3v) is 4.90. The molecule has 114 valence electrons. The van der Waals surface area contributed by atoms with Crippen molar-refractivity contribution >= 4 is 0 Å². The number of rotatable bonds is 10. The van der Waals surface area contributed by atoms with Crippen LogP contribution in [0.2, 0.25) is 0 Å². The Balaban J connectivity index is 1.93. The SMILES string of the molecule is CCCCCCCCCCC(N)C1CCCCCC1. The summed E-state index contributed by atoms with van der Waals surface area (Å²) in [4.78, 5) is 0. The monoisotopic (exact) mass is 267 g/mol. The zero-order valence-electron chi connectivity index (χ0n) is 13.3. The molecule has 0 spiro atoms. The Labute approximate surface area is 121 Å². The molecular formula is C18H37N. The summed E-state index contributed by atoms with van der Waals surface area (Å²) < 4.78 is 0. The molecule has 19 heavy (non-hydrogen) atoms. The Hall–Kier alpha value is -0.0400. The quantitative estimate of drug-likeness (QED) is 0.392. The first-order chi connectivity index (χ1) is 9.34. The van der Waals surface area contributed by atoms with E-state index < -0.39 is 0 Å². The van der Waals surface area contributed by atoms with Gasteiger partial charge in [0.25, 0.3) is 0 Å². The normalized spacial score (nSPS) is 19.3. The van der Waals surface area contributed by atoms with E-state index in [4.69, 9.17) is 5.73 Å². The summed E-state index contributed by atoms with van der Waals surface area (Å²) in [6, 6.07) is 0.498. The van der Waals surface area contributed by atoms with Crippen LogP contribution in [-0.2, 0) is 0 Å². The van der Waals surface area contributed by atoms with Gasteiger partial charge in [-0.3, -0.25) is 0 Å². The van der Waals surface area contributed by atoms with Crippen molar-refractivity contribution in [2.75, 3.05) is 0 Å². The molecule has 1 aliphatic carbocycles. The van der Waals surface area contributed by atoms with Gasteiger partial charge >= 0.3 is 0 Å². The van der Waals surface area contributed by atoms with Crippen molar-refractivity contribution in [3.8, 4) is 0 Å². The second-order valence-corrected chi connectivity index (χ2v) is 6.68. The van der Waals surface area contributed by atoms with E-state index in [9.17, 15) is 0 Å². The van der Waals surface area contributed by atoms with Gasteiger partial charge in [0.15, 0.2) is 0 Å². The maximum atomic E-state index is 6.40. The van der Waals surface area contributed by atoms with Crippen LogP contribution in [0.25, 0.3) is 0 Å². The molecule has 0 aliphatic heterocycles. The lowest BCUT2D eigenvalue weighted by Crippen LogP contribution is -2.29. The van der Waals surface area contributed by atoms with Crippen molar-refractivity contribution in [1.82, 2.24) is 0 Å². The molecule has 0 radical (unpaired) electrons. The predicted octanol–water partition coefficient (Wildman–Crippen LogP) is 5.81. The molecule has 1 nitrogen and oxygen atoms in total. The second-order valence-electron chi connectivity index (χ2n) is 6.68. The third kappa shape index (κ3) is 8.68. The van der Waals surface area contributed by atoms with Gasteiger partial charge in [-0.2, -0.15) is 0 Å². The highest BCUT2D eigenvalue weighted by Crippen LogP contribution is 2.26. The van der Waals surface area contributed by atoms with Gasteiger partial charge in [0.1, 0.15) is 0 Å². The van der Waals surface area contributed by atoms with Gasteiger partial charge < -0.3 is 5.73 Å². The van der Waals surface area contributed by atoms with E-state index >= 15 is 0 Å². The number of nitrogens with two attached hydrogens (primary N) is 1. The van der Waals surface area contributed by atoms with E-state index in [0.29, 0.717) is 6.04 Å². The zero-order chi connectivity index (χ0) is 13.8. The fourth-order valence-corrected chi connectivity index (χ4v) is 3.49. The van der Waals surface area contributed by atoms with Crippen molar-refractivity contribution in [2.45, 2.75) is 109 Å². The zero-order valence-corrected chi connectivity index (χ0v) is 13.3. The molecule has 0 aromatic rings. The van der Waals surface area contributed by atoms with Crippen LogP contribution >= 0.6 is 0 Å². The highest BCUT2D eigenvalue weighted by molar-refractivity contribution is 4.75. The second kappa shape index (κ2) is 11.8. The van der Waals surface area contributed by atoms with Crippen LogP contribution in [0, 0.1) is 5.92 Å². The largest absolute Gasteiger partial charge is 0.327 e. The van der Waals surface area contributed by atoms with E-state index in [-0.39, 0.29) is 0 Å². The summed E-state index contributed by atoms with van der Waals surface area (Å²) in [7, 11) is 0. The van der Waals surface area contributed by atoms with Crippen molar-refractivity contribution in [3.05, 3.63) is 0 Å². The standard InChI is InChI=1S/C18H37N/c1-2-3-4-5-6-7-8-13-16-18(19)17-14-11-9-10-12-15-17/h17-18H,2-16,19H2,1H3. The molecule has 1 aliphatic rings. The minimum absolute atomic E-state index is 0.498. The molecule has 0 saturated heterocycles. The molecule has 1 saturated carbocycles. The highest BCUT2D eigenvalue weighted by atomic mass is 14.6. The Bertz CT molecular complexity index is 182. The summed E-state index contributed by atoms with van der Waals surface area (Å²) in [5.41, 5.74) is 6.40. The van der Waals surface area contributed by atoms with Gasteiger partial charge in [-0.1, -0.05) is 84.0 Å². The molecule has 2 N–H and O–H groups in total. The number of unbranched alkanes of at least 4 members (excludes halogenated alkanes) is 7. The summed E-state index contributed by atoms with van der Waals surface area (Å²) in [5, 5.41) is 0. The predicted molar refractivity (Wildman–Crippen MR) is 86.4 cm³/mol. The van der Waals surface area contributed by atoms with Crippen LogP contribution in [-0.4, -0.2) is 6.04 Å². The molecule has 1 heteroatoms. The first-order valence-electron chi connectivity index (χ1n) is 9.10. The summed E-state index contributed by atoms with van der Waals surface area (Å²) in [5.74, 6) is 0.840. The van der Waals surface area contributed by atoms with Gasteiger partial charge in [0.2, 0.25) is 0 Å². The maximum Gasteiger partial charge on any atom is 0.00671 e. The molecule has 0 aromatic heterocycles. The van der Waals surface area contributed by atoms with Crippen LogP contribution in [0.1, 0.15) is 103 Å². The fraction of sp³-hybridized carbons (Fsp3) is 1.00. The van der Waals surface area contributed by atoms with Gasteiger partial charge in [0, 0.05) is 6.04 Å². The molecule has 0 aromatic carbocycles. The molecule has 0 bridgehead atoms. The molecule has 1 unspecified atom stereocenters. The van der Waals surface area contributed by atoms with E-state index in [0.717, 1.165) is 5.92 Å². The Kier molecular flexibility index (Phi) is 10.5. The molecule has 1 fully saturated rings. The van der Waals surface area contributed by atoms with Crippen LogP contribution in [0.5, 0.6) is 0 Å².